The molecule has 0 amide bonds. The lowest BCUT2D eigenvalue weighted by atomic mass is 10.1. The van der Waals surface area contributed by atoms with Gasteiger partial charge in [0, 0.05) is 0 Å². The number of rotatable bonds is 6. The van der Waals surface area contributed by atoms with Gasteiger partial charge >= 0.3 is 6.18 Å². The van der Waals surface area contributed by atoms with Crippen LogP contribution in [0.1, 0.15) is 11.6 Å². The maximum Gasteiger partial charge on any atom is 0.402 e. The summed E-state index contributed by atoms with van der Waals surface area (Å²) in [5, 5.41) is 0. The molecule has 1 atom stereocenters. The Balaban J connectivity index is 2.84. The van der Waals surface area contributed by atoms with Crippen molar-refractivity contribution in [2.24, 2.45) is 5.73 Å². The average Bonchev–Trinajstić information content (AvgIpc) is 2.34. The highest BCUT2D eigenvalue weighted by Gasteiger charge is 2.30. The molecule has 0 radical (unpaired) electrons. The van der Waals surface area contributed by atoms with E-state index in [2.05, 4.69) is 0 Å². The molecular weight excluding hydrogens is 315 g/mol. The molecule has 1 unspecified atom stereocenters. The third-order valence-electron chi connectivity index (χ3n) is 2.15. The Labute approximate surface area is 119 Å². The van der Waals surface area contributed by atoms with Gasteiger partial charge in [-0.05, 0) is 5.56 Å². The van der Waals surface area contributed by atoms with Crippen molar-refractivity contribution in [2.45, 2.75) is 12.2 Å². The lowest BCUT2D eigenvalue weighted by Crippen LogP contribution is -2.45. The number of halogens is 3. The van der Waals surface area contributed by atoms with E-state index < -0.39 is 29.0 Å². The molecule has 1 aromatic carbocycles. The van der Waals surface area contributed by atoms with Crippen LogP contribution in [0, 0.1) is 0 Å². The highest BCUT2D eigenvalue weighted by atomic mass is 32.2. The summed E-state index contributed by atoms with van der Waals surface area (Å²) in [5.41, 5.74) is 5.84. The molecule has 20 heavy (non-hydrogen) atoms. The maximum absolute atomic E-state index is 12.0. The molecule has 0 heterocycles. The summed E-state index contributed by atoms with van der Waals surface area (Å²) >= 11 is 4.73. The SMILES string of the molecule is NC(=S)C(NS(=O)(=O)NCC(F)(F)F)c1ccccc1. The number of thiocarbonyl (C=S) groups is 1. The van der Waals surface area contributed by atoms with Gasteiger partial charge in [0.15, 0.2) is 0 Å². The average molecular weight is 327 g/mol. The standard InChI is InChI=1S/C10H12F3N3O2S2/c11-10(12,13)6-15-20(17,18)16-8(9(14)19)7-4-2-1-3-5-7/h1-5,8,15-16H,6H2,(H2,14,19). The van der Waals surface area contributed by atoms with Crippen molar-refractivity contribution in [3.63, 3.8) is 0 Å². The Morgan fingerprint density at radius 3 is 2.30 bits per heavy atom. The monoisotopic (exact) mass is 327 g/mol. The molecule has 0 aromatic heterocycles. The van der Waals surface area contributed by atoms with Gasteiger partial charge in [-0.25, -0.2) is 0 Å². The van der Waals surface area contributed by atoms with E-state index in [1.807, 2.05) is 4.72 Å². The topological polar surface area (TPSA) is 84.2 Å². The fraction of sp³-hybridized carbons (Fsp3) is 0.300. The highest BCUT2D eigenvalue weighted by molar-refractivity contribution is 7.87. The highest BCUT2D eigenvalue weighted by Crippen LogP contribution is 2.15. The van der Waals surface area contributed by atoms with Crippen LogP contribution in [0.2, 0.25) is 0 Å². The molecule has 0 aliphatic heterocycles. The molecular formula is C10H12F3N3O2S2. The lowest BCUT2D eigenvalue weighted by Gasteiger charge is -2.18. The molecule has 0 aliphatic carbocycles. The van der Waals surface area contributed by atoms with Crippen LogP contribution in [0.4, 0.5) is 13.2 Å². The van der Waals surface area contributed by atoms with Crippen LogP contribution in [-0.2, 0) is 10.2 Å². The van der Waals surface area contributed by atoms with E-state index in [9.17, 15) is 21.6 Å². The minimum Gasteiger partial charge on any atom is -0.392 e. The van der Waals surface area contributed by atoms with Gasteiger partial charge in [0.1, 0.15) is 6.54 Å². The summed E-state index contributed by atoms with van der Waals surface area (Å²) < 4.78 is 62.4. The summed E-state index contributed by atoms with van der Waals surface area (Å²) in [6.07, 6.45) is -4.65. The van der Waals surface area contributed by atoms with Crippen LogP contribution in [0.15, 0.2) is 30.3 Å². The predicted molar refractivity (Wildman–Crippen MR) is 72.1 cm³/mol. The number of alkyl halides is 3. The van der Waals surface area contributed by atoms with Gasteiger partial charge in [-0.1, -0.05) is 42.5 Å². The molecule has 0 saturated heterocycles. The normalized spacial score (nSPS) is 13.9. The molecule has 4 N–H and O–H groups in total. The second-order valence-electron chi connectivity index (χ2n) is 3.80. The van der Waals surface area contributed by atoms with Crippen molar-refractivity contribution in [1.82, 2.24) is 9.44 Å². The minimum absolute atomic E-state index is 0.200. The first-order valence-electron chi connectivity index (χ1n) is 5.29. The summed E-state index contributed by atoms with van der Waals surface area (Å²) in [6, 6.07) is 6.95. The van der Waals surface area contributed by atoms with Gasteiger partial charge in [0.2, 0.25) is 0 Å². The van der Waals surface area contributed by atoms with E-state index in [0.29, 0.717) is 5.56 Å². The number of hydrogen-bond acceptors (Lipinski definition) is 3. The molecule has 1 rings (SSSR count). The van der Waals surface area contributed by atoms with Gasteiger partial charge in [0.05, 0.1) is 11.0 Å². The third-order valence-corrected chi connectivity index (χ3v) is 3.46. The number of nitrogens with two attached hydrogens (primary N) is 1. The molecule has 0 aliphatic rings. The first-order valence-corrected chi connectivity index (χ1v) is 7.18. The van der Waals surface area contributed by atoms with E-state index >= 15 is 0 Å². The zero-order chi connectivity index (χ0) is 15.4. The van der Waals surface area contributed by atoms with Gasteiger partial charge in [-0.2, -0.15) is 31.0 Å². The van der Waals surface area contributed by atoms with Crippen LogP contribution in [0.25, 0.3) is 0 Å². The van der Waals surface area contributed by atoms with Gasteiger partial charge in [-0.15, -0.1) is 0 Å². The fourth-order valence-corrected chi connectivity index (χ4v) is 2.59. The summed E-state index contributed by atoms with van der Waals surface area (Å²) in [7, 11) is -4.39. The van der Waals surface area contributed by atoms with Crippen molar-refractivity contribution in [1.29, 1.82) is 0 Å². The largest absolute Gasteiger partial charge is 0.402 e. The van der Waals surface area contributed by atoms with Gasteiger partial charge in [0.25, 0.3) is 10.2 Å². The molecule has 1 aromatic rings. The van der Waals surface area contributed by atoms with Crippen LogP contribution in [0.5, 0.6) is 0 Å². The van der Waals surface area contributed by atoms with Crippen LogP contribution >= 0.6 is 12.2 Å². The van der Waals surface area contributed by atoms with Crippen molar-refractivity contribution >= 4 is 27.4 Å². The van der Waals surface area contributed by atoms with E-state index in [-0.39, 0.29) is 4.99 Å². The lowest BCUT2D eigenvalue weighted by molar-refractivity contribution is -0.121. The van der Waals surface area contributed by atoms with Crippen molar-refractivity contribution < 1.29 is 21.6 Å². The smallest absolute Gasteiger partial charge is 0.392 e. The summed E-state index contributed by atoms with van der Waals surface area (Å²) in [4.78, 5) is -0.200. The number of hydrogen-bond donors (Lipinski definition) is 3. The minimum atomic E-state index is -4.65. The fourth-order valence-electron chi connectivity index (χ4n) is 1.31. The Morgan fingerprint density at radius 1 is 1.30 bits per heavy atom. The zero-order valence-corrected chi connectivity index (χ0v) is 11.6. The molecule has 0 fully saturated rings. The molecule has 0 saturated carbocycles. The molecule has 112 valence electrons. The second kappa shape index (κ2) is 6.48. The first kappa shape index (κ1) is 16.8. The quantitative estimate of drug-likeness (QED) is 0.681. The first-order chi connectivity index (χ1) is 9.11. The van der Waals surface area contributed by atoms with Crippen molar-refractivity contribution in [3.05, 3.63) is 35.9 Å². The molecule has 5 nitrogen and oxygen atoms in total. The predicted octanol–water partition coefficient (Wildman–Crippen LogP) is 1.00. The Hall–Kier alpha value is -1.23. The van der Waals surface area contributed by atoms with Crippen molar-refractivity contribution in [3.8, 4) is 0 Å². The van der Waals surface area contributed by atoms with Crippen LogP contribution in [-0.4, -0.2) is 26.1 Å². The Kier molecular flexibility index (Phi) is 5.45. The van der Waals surface area contributed by atoms with Gasteiger partial charge < -0.3 is 5.73 Å². The third kappa shape index (κ3) is 5.82. The summed E-state index contributed by atoms with van der Waals surface area (Å²) in [5.74, 6) is 0. The Bertz CT molecular complexity index is 561. The molecule has 0 spiro atoms. The zero-order valence-electron chi connectivity index (χ0n) is 10.0. The van der Waals surface area contributed by atoms with Crippen molar-refractivity contribution in [2.75, 3.05) is 6.54 Å². The number of benzene rings is 1. The second-order valence-corrected chi connectivity index (χ2v) is 5.81. The van der Waals surface area contributed by atoms with E-state index in [1.165, 1.54) is 4.72 Å². The van der Waals surface area contributed by atoms with Crippen LogP contribution in [0.3, 0.4) is 0 Å². The maximum atomic E-state index is 12.0. The molecule has 10 heteroatoms. The number of nitrogens with one attached hydrogen (secondary N) is 2. The summed E-state index contributed by atoms with van der Waals surface area (Å²) in [6.45, 7) is -1.68. The van der Waals surface area contributed by atoms with E-state index in [1.54, 1.807) is 30.3 Å². The van der Waals surface area contributed by atoms with E-state index in [0.717, 1.165) is 0 Å². The van der Waals surface area contributed by atoms with Crippen LogP contribution < -0.4 is 15.2 Å². The van der Waals surface area contributed by atoms with E-state index in [4.69, 9.17) is 18.0 Å². The molecule has 0 bridgehead atoms. The van der Waals surface area contributed by atoms with Gasteiger partial charge in [-0.3, -0.25) is 0 Å². The Morgan fingerprint density at radius 2 is 1.85 bits per heavy atom.